The van der Waals surface area contributed by atoms with E-state index < -0.39 is 0 Å². The molecule has 3 rings (SSSR count). The van der Waals surface area contributed by atoms with E-state index in [1.807, 2.05) is 0 Å². The lowest BCUT2D eigenvalue weighted by atomic mass is 9.97. The van der Waals surface area contributed by atoms with E-state index in [-0.39, 0.29) is 0 Å². The third-order valence-electron chi connectivity index (χ3n) is 4.72. The molecule has 2 heteroatoms. The van der Waals surface area contributed by atoms with E-state index in [2.05, 4.69) is 17.1 Å². The number of rotatable bonds is 3. The van der Waals surface area contributed by atoms with E-state index in [9.17, 15) is 0 Å². The first kappa shape index (κ1) is 10.1. The Kier molecular flexibility index (Phi) is 2.73. The van der Waals surface area contributed by atoms with Crippen molar-refractivity contribution in [3.05, 3.63) is 0 Å². The largest absolute Gasteiger partial charge is 0.311 e. The summed E-state index contributed by atoms with van der Waals surface area (Å²) in [6, 6.07) is 2.65. The minimum atomic E-state index is 0.839. The quantitative estimate of drug-likeness (QED) is 0.763. The molecule has 4 atom stereocenters. The molecule has 15 heavy (non-hydrogen) atoms. The van der Waals surface area contributed by atoms with Crippen LogP contribution in [0.3, 0.4) is 0 Å². The maximum absolute atomic E-state index is 3.88. The molecule has 86 valence electrons. The van der Waals surface area contributed by atoms with Crippen LogP contribution in [0, 0.1) is 5.92 Å². The molecule has 0 spiro atoms. The second kappa shape index (κ2) is 4.06. The van der Waals surface area contributed by atoms with Gasteiger partial charge in [0.25, 0.3) is 0 Å². The van der Waals surface area contributed by atoms with Crippen molar-refractivity contribution in [1.29, 1.82) is 0 Å². The maximum atomic E-state index is 3.88. The summed E-state index contributed by atoms with van der Waals surface area (Å²) in [7, 11) is 0. The summed E-state index contributed by atoms with van der Waals surface area (Å²) in [6.45, 7) is 5.05. The zero-order chi connectivity index (χ0) is 10.3. The average molecular weight is 208 g/mol. The van der Waals surface area contributed by atoms with Gasteiger partial charge in [-0.25, -0.2) is 0 Å². The number of hydrogen-bond acceptors (Lipinski definition) is 2. The standard InChI is InChI=1S/C13H24N2/c1-2-10-8-13(10)14-11-5-7-15-6-3-4-12(15)9-11/h10-14H,2-9H2,1H3. The molecule has 1 N–H and O–H groups in total. The van der Waals surface area contributed by atoms with E-state index in [0.717, 1.165) is 24.0 Å². The molecule has 0 aromatic rings. The van der Waals surface area contributed by atoms with Gasteiger partial charge in [-0.3, -0.25) is 0 Å². The summed E-state index contributed by atoms with van der Waals surface area (Å²) >= 11 is 0. The van der Waals surface area contributed by atoms with Crippen molar-refractivity contribution in [2.45, 2.75) is 63.6 Å². The Balaban J connectivity index is 1.47. The second-order valence-corrected chi connectivity index (χ2v) is 5.73. The molecule has 0 aromatic carbocycles. The molecule has 2 aliphatic heterocycles. The van der Waals surface area contributed by atoms with Crippen molar-refractivity contribution in [1.82, 2.24) is 10.2 Å². The van der Waals surface area contributed by atoms with Gasteiger partial charge in [-0.15, -0.1) is 0 Å². The van der Waals surface area contributed by atoms with Crippen molar-refractivity contribution in [3.63, 3.8) is 0 Å². The van der Waals surface area contributed by atoms with Gasteiger partial charge in [0, 0.05) is 18.1 Å². The topological polar surface area (TPSA) is 15.3 Å². The molecule has 2 heterocycles. The van der Waals surface area contributed by atoms with Crippen molar-refractivity contribution in [3.8, 4) is 0 Å². The molecule has 0 amide bonds. The summed E-state index contributed by atoms with van der Waals surface area (Å²) in [4.78, 5) is 2.71. The van der Waals surface area contributed by atoms with Gasteiger partial charge in [0.1, 0.15) is 0 Å². The van der Waals surface area contributed by atoms with Crippen LogP contribution in [-0.4, -0.2) is 36.1 Å². The second-order valence-electron chi connectivity index (χ2n) is 5.73. The Morgan fingerprint density at radius 2 is 2.13 bits per heavy atom. The third kappa shape index (κ3) is 2.07. The van der Waals surface area contributed by atoms with Crippen LogP contribution in [0.4, 0.5) is 0 Å². The predicted molar refractivity (Wildman–Crippen MR) is 62.9 cm³/mol. The SMILES string of the molecule is CCC1CC1NC1CCN2CCCC2C1. The smallest absolute Gasteiger partial charge is 0.0111 e. The maximum Gasteiger partial charge on any atom is 0.0111 e. The monoisotopic (exact) mass is 208 g/mol. The summed E-state index contributed by atoms with van der Waals surface area (Å²) in [5.74, 6) is 1.01. The van der Waals surface area contributed by atoms with Gasteiger partial charge in [0.05, 0.1) is 0 Å². The number of fused-ring (bicyclic) bond motifs is 1. The molecule has 4 unspecified atom stereocenters. The minimum absolute atomic E-state index is 0.839. The molecular formula is C13H24N2. The van der Waals surface area contributed by atoms with Crippen LogP contribution in [0.15, 0.2) is 0 Å². The van der Waals surface area contributed by atoms with Gasteiger partial charge in [-0.2, -0.15) is 0 Å². The number of nitrogens with zero attached hydrogens (tertiary/aromatic N) is 1. The van der Waals surface area contributed by atoms with Crippen LogP contribution in [-0.2, 0) is 0 Å². The molecule has 3 aliphatic rings. The van der Waals surface area contributed by atoms with Crippen LogP contribution in [0.25, 0.3) is 0 Å². The van der Waals surface area contributed by atoms with Crippen LogP contribution in [0.5, 0.6) is 0 Å². The van der Waals surface area contributed by atoms with Gasteiger partial charge < -0.3 is 10.2 Å². The molecule has 2 saturated heterocycles. The molecule has 2 nitrogen and oxygen atoms in total. The minimum Gasteiger partial charge on any atom is -0.311 e. The first-order valence-electron chi connectivity index (χ1n) is 6.87. The number of hydrogen-bond donors (Lipinski definition) is 1. The first-order chi connectivity index (χ1) is 7.36. The highest BCUT2D eigenvalue weighted by molar-refractivity contribution is 4.97. The predicted octanol–water partition coefficient (Wildman–Crippen LogP) is 2.00. The summed E-state index contributed by atoms with van der Waals surface area (Å²) in [5.41, 5.74) is 0. The molecule has 0 bridgehead atoms. The molecule has 1 saturated carbocycles. The molecule has 3 fully saturated rings. The lowest BCUT2D eigenvalue weighted by Gasteiger charge is -2.35. The van der Waals surface area contributed by atoms with Gasteiger partial charge in [-0.1, -0.05) is 13.3 Å². The van der Waals surface area contributed by atoms with Crippen molar-refractivity contribution in [2.75, 3.05) is 13.1 Å². The van der Waals surface area contributed by atoms with Crippen molar-refractivity contribution < 1.29 is 0 Å². The zero-order valence-electron chi connectivity index (χ0n) is 9.91. The zero-order valence-corrected chi connectivity index (χ0v) is 9.91. The Bertz CT molecular complexity index is 229. The summed E-state index contributed by atoms with van der Waals surface area (Å²) < 4.78 is 0. The van der Waals surface area contributed by atoms with E-state index in [1.54, 1.807) is 0 Å². The van der Waals surface area contributed by atoms with Gasteiger partial charge in [-0.05, 0) is 51.1 Å². The lowest BCUT2D eigenvalue weighted by Crippen LogP contribution is -2.46. The van der Waals surface area contributed by atoms with E-state index in [0.29, 0.717) is 0 Å². The highest BCUT2D eigenvalue weighted by Crippen LogP contribution is 2.35. The van der Waals surface area contributed by atoms with Gasteiger partial charge in [0.2, 0.25) is 0 Å². The van der Waals surface area contributed by atoms with E-state index in [4.69, 9.17) is 0 Å². The van der Waals surface area contributed by atoms with Crippen LogP contribution in [0.1, 0.15) is 45.4 Å². The molecule has 0 radical (unpaired) electrons. The normalized spacial score (nSPS) is 45.4. The van der Waals surface area contributed by atoms with Crippen LogP contribution >= 0.6 is 0 Å². The Morgan fingerprint density at radius 1 is 1.20 bits per heavy atom. The molecule has 0 aromatic heterocycles. The fourth-order valence-corrected chi connectivity index (χ4v) is 3.58. The Morgan fingerprint density at radius 3 is 2.93 bits per heavy atom. The highest BCUT2D eigenvalue weighted by Gasteiger charge is 2.39. The summed E-state index contributed by atoms with van der Waals surface area (Å²) in [6.07, 6.45) is 8.54. The fourth-order valence-electron chi connectivity index (χ4n) is 3.58. The Hall–Kier alpha value is -0.0800. The van der Waals surface area contributed by atoms with Gasteiger partial charge >= 0.3 is 0 Å². The third-order valence-corrected chi connectivity index (χ3v) is 4.72. The lowest BCUT2D eigenvalue weighted by molar-refractivity contribution is 0.165. The van der Waals surface area contributed by atoms with Crippen LogP contribution < -0.4 is 5.32 Å². The molecule has 1 aliphatic carbocycles. The van der Waals surface area contributed by atoms with E-state index >= 15 is 0 Å². The number of nitrogens with one attached hydrogen (secondary N) is 1. The van der Waals surface area contributed by atoms with E-state index in [1.165, 1.54) is 51.6 Å². The average Bonchev–Trinajstić information content (AvgIpc) is 2.84. The first-order valence-corrected chi connectivity index (χ1v) is 6.87. The Labute approximate surface area is 93.4 Å². The number of piperidine rings is 1. The van der Waals surface area contributed by atoms with Crippen LogP contribution in [0.2, 0.25) is 0 Å². The van der Waals surface area contributed by atoms with Gasteiger partial charge in [0.15, 0.2) is 0 Å². The summed E-state index contributed by atoms with van der Waals surface area (Å²) in [5, 5.41) is 3.88. The highest BCUT2D eigenvalue weighted by atomic mass is 15.2. The van der Waals surface area contributed by atoms with Crippen molar-refractivity contribution >= 4 is 0 Å². The fraction of sp³-hybridized carbons (Fsp3) is 1.00. The molecular weight excluding hydrogens is 184 g/mol. The van der Waals surface area contributed by atoms with Crippen molar-refractivity contribution in [2.24, 2.45) is 5.92 Å².